The summed E-state index contributed by atoms with van der Waals surface area (Å²) in [7, 11) is -3.43. The number of carbonyl (C=O) groups excluding carboxylic acids is 1. The first-order valence-corrected chi connectivity index (χ1v) is 6.80. The lowest BCUT2D eigenvalue weighted by Crippen LogP contribution is -2.43. The molecule has 5 nitrogen and oxygen atoms in total. The Bertz CT molecular complexity index is 331. The van der Waals surface area contributed by atoms with Gasteiger partial charge in [-0.3, -0.25) is 9.52 Å². The van der Waals surface area contributed by atoms with Gasteiger partial charge in [0.2, 0.25) is 15.9 Å². The summed E-state index contributed by atoms with van der Waals surface area (Å²) in [5.74, 6) is -0.386. The first-order valence-electron chi connectivity index (χ1n) is 5.15. The number of sulfonamides is 1. The van der Waals surface area contributed by atoms with Crippen LogP contribution in [0.2, 0.25) is 0 Å². The zero-order chi connectivity index (χ0) is 11.5. The number of nitrogens with one attached hydrogen (secondary N) is 2. The maximum absolute atomic E-state index is 11.7. The summed E-state index contributed by atoms with van der Waals surface area (Å²) in [5.41, 5.74) is -0.583. The van der Waals surface area contributed by atoms with Gasteiger partial charge in [-0.05, 0) is 26.3 Å². The summed E-state index contributed by atoms with van der Waals surface area (Å²) >= 11 is 0. The van der Waals surface area contributed by atoms with Crippen LogP contribution >= 0.6 is 0 Å². The van der Waals surface area contributed by atoms with Gasteiger partial charge >= 0.3 is 0 Å². The molecule has 1 rings (SSSR count). The zero-order valence-electron chi connectivity index (χ0n) is 9.17. The van der Waals surface area contributed by atoms with Gasteiger partial charge in [-0.25, -0.2) is 8.42 Å². The summed E-state index contributed by atoms with van der Waals surface area (Å²) in [4.78, 5) is 11.7. The summed E-state index contributed by atoms with van der Waals surface area (Å²) < 4.78 is 24.9. The van der Waals surface area contributed by atoms with Gasteiger partial charge < -0.3 is 5.32 Å². The molecule has 0 aliphatic carbocycles. The van der Waals surface area contributed by atoms with E-state index in [0.29, 0.717) is 19.4 Å². The van der Waals surface area contributed by atoms with E-state index in [9.17, 15) is 13.2 Å². The highest BCUT2D eigenvalue weighted by molar-refractivity contribution is 7.90. The molecule has 1 unspecified atom stereocenters. The molecule has 0 spiro atoms. The third-order valence-electron chi connectivity index (χ3n) is 2.64. The van der Waals surface area contributed by atoms with Crippen molar-refractivity contribution in [2.75, 3.05) is 18.8 Å². The second-order valence-electron chi connectivity index (χ2n) is 4.24. The quantitative estimate of drug-likeness (QED) is 0.709. The van der Waals surface area contributed by atoms with E-state index in [1.54, 1.807) is 13.8 Å². The summed E-state index contributed by atoms with van der Waals surface area (Å²) in [6, 6.07) is 0. The van der Waals surface area contributed by atoms with Gasteiger partial charge in [-0.15, -0.1) is 0 Å². The van der Waals surface area contributed by atoms with Crippen molar-refractivity contribution >= 4 is 15.9 Å². The van der Waals surface area contributed by atoms with Crippen LogP contribution in [-0.2, 0) is 14.8 Å². The molecule has 1 heterocycles. The molecule has 1 atom stereocenters. The molecule has 1 amide bonds. The lowest BCUT2D eigenvalue weighted by atomic mass is 9.89. The predicted molar refractivity (Wildman–Crippen MR) is 57.8 cm³/mol. The molecule has 0 saturated carbocycles. The van der Waals surface area contributed by atoms with E-state index in [2.05, 4.69) is 10.0 Å². The van der Waals surface area contributed by atoms with Gasteiger partial charge in [0.1, 0.15) is 0 Å². The van der Waals surface area contributed by atoms with E-state index in [4.69, 9.17) is 0 Å². The van der Waals surface area contributed by atoms with Crippen LogP contribution in [0.1, 0.15) is 26.7 Å². The van der Waals surface area contributed by atoms with Gasteiger partial charge in [-0.1, -0.05) is 6.92 Å². The number of hydrogen-bond donors (Lipinski definition) is 2. The van der Waals surface area contributed by atoms with Gasteiger partial charge in [0.15, 0.2) is 0 Å². The van der Waals surface area contributed by atoms with Crippen LogP contribution in [0, 0.1) is 5.41 Å². The van der Waals surface area contributed by atoms with Crippen LogP contribution in [0.15, 0.2) is 0 Å². The van der Waals surface area contributed by atoms with Crippen molar-refractivity contribution in [3.8, 4) is 0 Å². The van der Waals surface area contributed by atoms with Crippen LogP contribution in [0.3, 0.4) is 0 Å². The van der Waals surface area contributed by atoms with Gasteiger partial charge in [0, 0.05) is 6.54 Å². The van der Waals surface area contributed by atoms with Crippen LogP contribution in [0.4, 0.5) is 0 Å². The largest absolute Gasteiger partial charge is 0.316 e. The Morgan fingerprint density at radius 1 is 1.53 bits per heavy atom. The second-order valence-corrected chi connectivity index (χ2v) is 6.08. The van der Waals surface area contributed by atoms with E-state index in [-0.39, 0.29) is 11.7 Å². The topological polar surface area (TPSA) is 75.3 Å². The van der Waals surface area contributed by atoms with E-state index < -0.39 is 15.4 Å². The molecule has 1 saturated heterocycles. The van der Waals surface area contributed by atoms with E-state index >= 15 is 0 Å². The van der Waals surface area contributed by atoms with Gasteiger partial charge in [-0.2, -0.15) is 0 Å². The van der Waals surface area contributed by atoms with Crippen molar-refractivity contribution in [2.24, 2.45) is 5.41 Å². The Morgan fingerprint density at radius 3 is 2.67 bits per heavy atom. The van der Waals surface area contributed by atoms with Gasteiger partial charge in [0.25, 0.3) is 0 Å². The number of rotatable bonds is 4. The third kappa shape index (κ3) is 3.17. The van der Waals surface area contributed by atoms with Crippen molar-refractivity contribution < 1.29 is 13.2 Å². The molecule has 1 fully saturated rings. The highest BCUT2D eigenvalue weighted by Crippen LogP contribution is 2.24. The Morgan fingerprint density at radius 2 is 2.20 bits per heavy atom. The molecule has 0 aromatic heterocycles. The van der Waals surface area contributed by atoms with Crippen LogP contribution in [0.5, 0.6) is 0 Å². The zero-order valence-corrected chi connectivity index (χ0v) is 9.99. The SMILES string of the molecule is CCCS(=O)(=O)NC(=O)C1(C)CCNC1. The van der Waals surface area contributed by atoms with E-state index in [1.807, 2.05) is 0 Å². The molecule has 1 aliphatic rings. The highest BCUT2D eigenvalue weighted by Gasteiger charge is 2.37. The van der Waals surface area contributed by atoms with Crippen molar-refractivity contribution in [3.05, 3.63) is 0 Å². The van der Waals surface area contributed by atoms with Crippen LogP contribution in [0.25, 0.3) is 0 Å². The molecule has 15 heavy (non-hydrogen) atoms. The molecule has 1 aliphatic heterocycles. The fraction of sp³-hybridized carbons (Fsp3) is 0.889. The predicted octanol–water partition coefficient (Wildman–Crippen LogP) is -0.158. The first kappa shape index (κ1) is 12.4. The van der Waals surface area contributed by atoms with E-state index in [1.165, 1.54) is 0 Å². The summed E-state index contributed by atoms with van der Waals surface area (Å²) in [6.45, 7) is 4.85. The third-order valence-corrected chi connectivity index (χ3v) is 4.08. The number of carbonyl (C=O) groups is 1. The fourth-order valence-electron chi connectivity index (χ4n) is 1.59. The first-order chi connectivity index (χ1) is 6.90. The summed E-state index contributed by atoms with van der Waals surface area (Å²) in [6.07, 6.45) is 1.19. The average Bonchev–Trinajstić information content (AvgIpc) is 2.52. The number of amides is 1. The van der Waals surface area contributed by atoms with Gasteiger partial charge in [0.05, 0.1) is 11.2 Å². The normalized spacial score (nSPS) is 26.5. The minimum Gasteiger partial charge on any atom is -0.316 e. The van der Waals surface area contributed by atoms with Crippen LogP contribution < -0.4 is 10.0 Å². The lowest BCUT2D eigenvalue weighted by Gasteiger charge is -2.21. The molecule has 0 aromatic rings. The molecule has 0 aromatic carbocycles. The molecule has 0 bridgehead atoms. The standard InChI is InChI=1S/C9H18N2O3S/c1-3-6-15(13,14)11-8(12)9(2)4-5-10-7-9/h10H,3-7H2,1-2H3,(H,11,12). The highest BCUT2D eigenvalue weighted by atomic mass is 32.2. The molecule has 6 heteroatoms. The fourth-order valence-corrected chi connectivity index (χ4v) is 2.76. The monoisotopic (exact) mass is 234 g/mol. The maximum atomic E-state index is 11.7. The molecular formula is C9H18N2O3S. The molecule has 88 valence electrons. The van der Waals surface area contributed by atoms with Crippen molar-refractivity contribution in [1.29, 1.82) is 0 Å². The Hall–Kier alpha value is -0.620. The van der Waals surface area contributed by atoms with Crippen molar-refractivity contribution in [1.82, 2.24) is 10.0 Å². The Balaban J connectivity index is 2.63. The smallest absolute Gasteiger partial charge is 0.240 e. The molecular weight excluding hydrogens is 216 g/mol. The maximum Gasteiger partial charge on any atom is 0.240 e. The Labute approximate surface area is 90.7 Å². The van der Waals surface area contributed by atoms with Crippen molar-refractivity contribution in [2.45, 2.75) is 26.7 Å². The summed E-state index contributed by atoms with van der Waals surface area (Å²) in [5, 5.41) is 3.06. The minimum atomic E-state index is -3.43. The minimum absolute atomic E-state index is 0.00223. The Kier molecular flexibility index (Phi) is 3.72. The molecule has 2 N–H and O–H groups in total. The van der Waals surface area contributed by atoms with E-state index in [0.717, 1.165) is 6.54 Å². The lowest BCUT2D eigenvalue weighted by molar-refractivity contribution is -0.127. The van der Waals surface area contributed by atoms with Crippen LogP contribution in [-0.4, -0.2) is 33.2 Å². The molecule has 0 radical (unpaired) electrons. The number of hydrogen-bond acceptors (Lipinski definition) is 4. The second kappa shape index (κ2) is 4.49. The van der Waals surface area contributed by atoms with Crippen molar-refractivity contribution in [3.63, 3.8) is 0 Å². The average molecular weight is 234 g/mol.